The molecule has 0 radical (unpaired) electrons. The molecule has 1 atom stereocenters. The van der Waals surface area contributed by atoms with Crippen LogP contribution in [0.1, 0.15) is 51.2 Å². The van der Waals surface area contributed by atoms with E-state index < -0.39 is 0 Å². The molecule has 7 heteroatoms. The van der Waals surface area contributed by atoms with Crippen LogP contribution in [-0.2, 0) is 29.6 Å². The zero-order valence-electron chi connectivity index (χ0n) is 13.9. The third kappa shape index (κ3) is 3.78. The minimum absolute atomic E-state index is 0.0223. The van der Waals surface area contributed by atoms with Crippen LogP contribution in [-0.4, -0.2) is 31.6 Å². The van der Waals surface area contributed by atoms with Crippen molar-refractivity contribution in [3.63, 3.8) is 0 Å². The summed E-state index contributed by atoms with van der Waals surface area (Å²) < 4.78 is 7.31. The topological polar surface area (TPSA) is 85.8 Å². The number of aromatic nitrogens is 4. The molecule has 2 aromatic rings. The maximum atomic E-state index is 12.1. The summed E-state index contributed by atoms with van der Waals surface area (Å²) in [7, 11) is 0. The van der Waals surface area contributed by atoms with Gasteiger partial charge in [0, 0.05) is 49.7 Å². The number of carbonyl (C=O) groups is 1. The fourth-order valence-corrected chi connectivity index (χ4v) is 2.67. The van der Waals surface area contributed by atoms with E-state index in [-0.39, 0.29) is 17.4 Å². The summed E-state index contributed by atoms with van der Waals surface area (Å²) in [5.74, 6) is 2.31. The summed E-state index contributed by atoms with van der Waals surface area (Å²) in [6.07, 6.45) is 6.42. The molecule has 0 spiro atoms. The number of amides is 1. The Hall–Kier alpha value is -2.18. The van der Waals surface area contributed by atoms with Gasteiger partial charge in [-0.2, -0.15) is 4.98 Å². The molecule has 1 amide bonds. The average molecular weight is 317 g/mol. The molecule has 0 fully saturated rings. The molecule has 0 aromatic carbocycles. The van der Waals surface area contributed by atoms with Crippen LogP contribution in [0.15, 0.2) is 16.9 Å². The van der Waals surface area contributed by atoms with Crippen LogP contribution in [0.25, 0.3) is 0 Å². The Kier molecular flexibility index (Phi) is 4.19. The van der Waals surface area contributed by atoms with Crippen molar-refractivity contribution >= 4 is 5.91 Å². The van der Waals surface area contributed by atoms with Gasteiger partial charge in [-0.1, -0.05) is 25.9 Å². The lowest BCUT2D eigenvalue weighted by atomic mass is 9.96. The maximum Gasteiger partial charge on any atom is 0.227 e. The third-order valence-electron chi connectivity index (χ3n) is 4.01. The van der Waals surface area contributed by atoms with Crippen LogP contribution < -0.4 is 5.32 Å². The fraction of sp³-hybridized carbons (Fsp3) is 0.625. The molecule has 7 nitrogen and oxygen atoms in total. The Morgan fingerprint density at radius 1 is 1.48 bits per heavy atom. The molecule has 0 unspecified atom stereocenters. The number of nitrogens with one attached hydrogen (secondary N) is 1. The van der Waals surface area contributed by atoms with E-state index in [1.807, 2.05) is 33.2 Å². The first-order valence-corrected chi connectivity index (χ1v) is 8.04. The Labute approximate surface area is 135 Å². The van der Waals surface area contributed by atoms with Gasteiger partial charge in [-0.05, 0) is 6.42 Å². The Morgan fingerprint density at radius 2 is 2.30 bits per heavy atom. The molecule has 1 aliphatic rings. The second kappa shape index (κ2) is 6.14. The van der Waals surface area contributed by atoms with Crippen molar-refractivity contribution in [1.82, 2.24) is 25.0 Å². The number of nitrogens with zero attached hydrogens (tertiary/aromatic N) is 4. The van der Waals surface area contributed by atoms with Crippen LogP contribution in [0.3, 0.4) is 0 Å². The predicted octanol–water partition coefficient (Wildman–Crippen LogP) is 1.63. The number of aryl methyl sites for hydroxylation is 2. The zero-order chi connectivity index (χ0) is 16.4. The van der Waals surface area contributed by atoms with Gasteiger partial charge in [0.1, 0.15) is 5.82 Å². The molecule has 124 valence electrons. The van der Waals surface area contributed by atoms with E-state index in [1.54, 1.807) is 0 Å². The first-order valence-electron chi connectivity index (χ1n) is 8.04. The fourth-order valence-electron chi connectivity index (χ4n) is 2.67. The number of rotatable bonds is 4. The minimum Gasteiger partial charge on any atom is -0.352 e. The molecular weight excluding hydrogens is 294 g/mol. The Morgan fingerprint density at radius 3 is 3.04 bits per heavy atom. The highest BCUT2D eigenvalue weighted by molar-refractivity contribution is 5.76. The van der Waals surface area contributed by atoms with E-state index in [4.69, 9.17) is 4.52 Å². The lowest BCUT2D eigenvalue weighted by Gasteiger charge is -2.24. The monoisotopic (exact) mass is 317 g/mol. The Bertz CT molecular complexity index is 683. The number of fused-ring (bicyclic) bond motifs is 1. The van der Waals surface area contributed by atoms with Crippen molar-refractivity contribution in [1.29, 1.82) is 0 Å². The van der Waals surface area contributed by atoms with Gasteiger partial charge in [0.05, 0.1) is 0 Å². The SMILES string of the molecule is CC(C)(C)c1noc(CCC(=O)N[C@H]2CCc3nccn3C2)n1. The summed E-state index contributed by atoms with van der Waals surface area (Å²) in [6.45, 7) is 6.88. The molecule has 1 aliphatic heterocycles. The second-order valence-corrected chi connectivity index (χ2v) is 7.06. The lowest BCUT2D eigenvalue weighted by molar-refractivity contribution is -0.122. The van der Waals surface area contributed by atoms with Crippen molar-refractivity contribution in [3.8, 4) is 0 Å². The second-order valence-electron chi connectivity index (χ2n) is 7.06. The number of imidazole rings is 1. The molecule has 3 heterocycles. The van der Waals surface area contributed by atoms with Gasteiger partial charge in [0.25, 0.3) is 0 Å². The molecule has 0 bridgehead atoms. The summed E-state index contributed by atoms with van der Waals surface area (Å²) in [4.78, 5) is 20.8. The highest BCUT2D eigenvalue weighted by atomic mass is 16.5. The smallest absolute Gasteiger partial charge is 0.227 e. The van der Waals surface area contributed by atoms with Gasteiger partial charge in [-0.15, -0.1) is 0 Å². The van der Waals surface area contributed by atoms with Crippen molar-refractivity contribution in [2.75, 3.05) is 0 Å². The minimum atomic E-state index is -0.144. The molecule has 0 saturated carbocycles. The van der Waals surface area contributed by atoms with Crippen LogP contribution in [0.5, 0.6) is 0 Å². The molecule has 0 aliphatic carbocycles. The first kappa shape index (κ1) is 15.7. The summed E-state index contributed by atoms with van der Waals surface area (Å²) in [5, 5.41) is 7.05. The molecule has 1 N–H and O–H groups in total. The largest absolute Gasteiger partial charge is 0.352 e. The van der Waals surface area contributed by atoms with Gasteiger partial charge < -0.3 is 14.4 Å². The molecule has 2 aromatic heterocycles. The average Bonchev–Trinajstić information content (AvgIpc) is 3.13. The third-order valence-corrected chi connectivity index (χ3v) is 4.01. The van der Waals surface area contributed by atoms with Crippen LogP contribution in [0.2, 0.25) is 0 Å². The number of hydrogen-bond donors (Lipinski definition) is 1. The van der Waals surface area contributed by atoms with Gasteiger partial charge in [0.2, 0.25) is 11.8 Å². The highest BCUT2D eigenvalue weighted by Crippen LogP contribution is 2.19. The highest BCUT2D eigenvalue weighted by Gasteiger charge is 2.22. The van der Waals surface area contributed by atoms with E-state index >= 15 is 0 Å². The van der Waals surface area contributed by atoms with Crippen molar-refractivity contribution in [2.45, 2.75) is 64.5 Å². The van der Waals surface area contributed by atoms with Crippen LogP contribution >= 0.6 is 0 Å². The first-order chi connectivity index (χ1) is 10.9. The van der Waals surface area contributed by atoms with Gasteiger partial charge in [-0.3, -0.25) is 4.79 Å². The summed E-state index contributed by atoms with van der Waals surface area (Å²) in [5.41, 5.74) is -0.144. The van der Waals surface area contributed by atoms with Crippen molar-refractivity contribution in [3.05, 3.63) is 29.9 Å². The van der Waals surface area contributed by atoms with E-state index in [0.29, 0.717) is 24.6 Å². The summed E-state index contributed by atoms with van der Waals surface area (Å²) in [6, 6.07) is 0.164. The van der Waals surface area contributed by atoms with Gasteiger partial charge in [-0.25, -0.2) is 4.98 Å². The van der Waals surface area contributed by atoms with E-state index in [0.717, 1.165) is 25.2 Å². The van der Waals surface area contributed by atoms with E-state index in [2.05, 4.69) is 25.0 Å². The van der Waals surface area contributed by atoms with Gasteiger partial charge >= 0.3 is 0 Å². The predicted molar refractivity (Wildman–Crippen MR) is 83.8 cm³/mol. The Balaban J connectivity index is 1.48. The van der Waals surface area contributed by atoms with Crippen molar-refractivity contribution < 1.29 is 9.32 Å². The van der Waals surface area contributed by atoms with Crippen LogP contribution in [0, 0.1) is 0 Å². The zero-order valence-corrected chi connectivity index (χ0v) is 13.9. The van der Waals surface area contributed by atoms with E-state index in [1.165, 1.54) is 0 Å². The van der Waals surface area contributed by atoms with Crippen molar-refractivity contribution in [2.24, 2.45) is 0 Å². The molecule has 3 rings (SSSR count). The standard InChI is InChI=1S/C16H23N5O2/c1-16(2,3)15-19-14(23-20-15)7-6-13(22)18-11-4-5-12-17-8-9-21(12)10-11/h8-9,11H,4-7,10H2,1-3H3,(H,18,22)/t11-/m0/s1. The normalized spacial score (nSPS) is 17.8. The quantitative estimate of drug-likeness (QED) is 0.926. The van der Waals surface area contributed by atoms with Crippen LogP contribution in [0.4, 0.5) is 0 Å². The number of carbonyl (C=O) groups excluding carboxylic acids is 1. The molecule has 23 heavy (non-hydrogen) atoms. The lowest BCUT2D eigenvalue weighted by Crippen LogP contribution is -2.41. The number of hydrogen-bond acceptors (Lipinski definition) is 5. The molecule has 0 saturated heterocycles. The summed E-state index contributed by atoms with van der Waals surface area (Å²) >= 11 is 0. The van der Waals surface area contributed by atoms with E-state index in [9.17, 15) is 4.79 Å². The van der Waals surface area contributed by atoms with Gasteiger partial charge in [0.15, 0.2) is 5.82 Å². The maximum absolute atomic E-state index is 12.1. The molecular formula is C16H23N5O2.